The number of non-ortho nitro benzene ring substituents is 1. The molecule has 1 aliphatic heterocycles. The standard InChI is InChI=1S/C20H18Cl2N6O3/c1-13-19(23-24-27(13)15-4-2-14(21)3-5-15)20(29)26-10-8-25(9-11-26)18-7-6-16(28(30)31)12-17(18)22/h2-7,12H,8-11H2,1H3. The van der Waals surface area contributed by atoms with Crippen LogP contribution in [0.4, 0.5) is 11.4 Å². The number of carbonyl (C=O) groups excluding carboxylic acids is 1. The number of carbonyl (C=O) groups is 1. The van der Waals surface area contributed by atoms with Crippen LogP contribution >= 0.6 is 23.2 Å². The first-order chi connectivity index (χ1) is 14.8. The van der Waals surface area contributed by atoms with Gasteiger partial charge in [0.15, 0.2) is 5.69 Å². The summed E-state index contributed by atoms with van der Waals surface area (Å²) in [6.45, 7) is 3.84. The van der Waals surface area contributed by atoms with E-state index in [9.17, 15) is 14.9 Å². The molecule has 0 N–H and O–H groups in total. The zero-order chi connectivity index (χ0) is 22.1. The van der Waals surface area contributed by atoms with Crippen LogP contribution in [0.2, 0.25) is 10.0 Å². The van der Waals surface area contributed by atoms with Crippen LogP contribution in [-0.2, 0) is 0 Å². The van der Waals surface area contributed by atoms with Crippen LogP contribution < -0.4 is 4.90 Å². The normalized spacial score (nSPS) is 14.0. The van der Waals surface area contributed by atoms with Gasteiger partial charge in [-0.2, -0.15) is 0 Å². The Morgan fingerprint density at radius 2 is 1.74 bits per heavy atom. The van der Waals surface area contributed by atoms with Crippen LogP contribution in [0, 0.1) is 17.0 Å². The van der Waals surface area contributed by atoms with Gasteiger partial charge >= 0.3 is 0 Å². The molecule has 2 aromatic carbocycles. The monoisotopic (exact) mass is 460 g/mol. The molecule has 1 fully saturated rings. The van der Waals surface area contributed by atoms with Crippen molar-refractivity contribution in [1.82, 2.24) is 19.9 Å². The van der Waals surface area contributed by atoms with E-state index in [4.69, 9.17) is 23.2 Å². The molecule has 0 saturated carbocycles. The number of piperazine rings is 1. The summed E-state index contributed by atoms with van der Waals surface area (Å²) in [5.41, 5.74) is 2.38. The smallest absolute Gasteiger partial charge is 0.276 e. The van der Waals surface area contributed by atoms with Gasteiger partial charge < -0.3 is 9.80 Å². The maximum absolute atomic E-state index is 13.0. The highest BCUT2D eigenvalue weighted by molar-refractivity contribution is 6.33. The third-order valence-corrected chi connectivity index (χ3v) is 5.77. The van der Waals surface area contributed by atoms with Crippen LogP contribution in [0.5, 0.6) is 0 Å². The van der Waals surface area contributed by atoms with E-state index < -0.39 is 4.92 Å². The molecular formula is C20H18Cl2N6O3. The second kappa shape index (κ2) is 8.52. The number of anilines is 1. The fourth-order valence-corrected chi connectivity index (χ4v) is 3.94. The van der Waals surface area contributed by atoms with Crippen molar-refractivity contribution in [2.45, 2.75) is 6.92 Å². The van der Waals surface area contributed by atoms with Gasteiger partial charge in [-0.3, -0.25) is 14.9 Å². The predicted molar refractivity (Wildman–Crippen MR) is 117 cm³/mol. The van der Waals surface area contributed by atoms with Gasteiger partial charge in [0.2, 0.25) is 0 Å². The summed E-state index contributed by atoms with van der Waals surface area (Å²) in [4.78, 5) is 27.2. The molecule has 2 heterocycles. The molecule has 160 valence electrons. The van der Waals surface area contributed by atoms with Gasteiger partial charge in [0.1, 0.15) is 0 Å². The number of hydrogen-bond donors (Lipinski definition) is 0. The van der Waals surface area contributed by atoms with E-state index in [1.165, 1.54) is 12.1 Å². The lowest BCUT2D eigenvalue weighted by Gasteiger charge is -2.36. The van der Waals surface area contributed by atoms with Gasteiger partial charge in [0.05, 0.1) is 27.0 Å². The zero-order valence-corrected chi connectivity index (χ0v) is 18.0. The van der Waals surface area contributed by atoms with Crippen molar-refractivity contribution in [3.05, 3.63) is 74.0 Å². The molecule has 9 nitrogen and oxygen atoms in total. The van der Waals surface area contributed by atoms with Gasteiger partial charge in [-0.1, -0.05) is 28.4 Å². The lowest BCUT2D eigenvalue weighted by atomic mass is 10.2. The van der Waals surface area contributed by atoms with Crippen molar-refractivity contribution in [3.8, 4) is 5.69 Å². The van der Waals surface area contributed by atoms with Crippen LogP contribution in [0.15, 0.2) is 42.5 Å². The highest BCUT2D eigenvalue weighted by Gasteiger charge is 2.27. The number of rotatable bonds is 4. The number of nitro benzene ring substituents is 1. The predicted octanol–water partition coefficient (Wildman–Crippen LogP) is 3.75. The Bertz CT molecular complexity index is 1140. The SMILES string of the molecule is Cc1c(C(=O)N2CCN(c3ccc([N+](=O)[O-])cc3Cl)CC2)nnn1-c1ccc(Cl)cc1. The first-order valence-corrected chi connectivity index (χ1v) is 10.3. The third kappa shape index (κ3) is 4.19. The van der Waals surface area contributed by atoms with Gasteiger partial charge in [-0.25, -0.2) is 4.68 Å². The summed E-state index contributed by atoms with van der Waals surface area (Å²) in [7, 11) is 0. The van der Waals surface area contributed by atoms with Gasteiger partial charge in [0.25, 0.3) is 11.6 Å². The van der Waals surface area contributed by atoms with E-state index in [0.717, 1.165) is 5.69 Å². The molecule has 0 radical (unpaired) electrons. The lowest BCUT2D eigenvalue weighted by Crippen LogP contribution is -2.49. The van der Waals surface area contributed by atoms with Crippen molar-refractivity contribution in [2.24, 2.45) is 0 Å². The minimum atomic E-state index is -0.480. The third-order valence-electron chi connectivity index (χ3n) is 5.22. The molecule has 4 rings (SSSR count). The molecular weight excluding hydrogens is 443 g/mol. The Morgan fingerprint density at radius 3 is 2.35 bits per heavy atom. The fraction of sp³-hybridized carbons (Fsp3) is 0.250. The number of amides is 1. The first-order valence-electron chi connectivity index (χ1n) is 9.51. The quantitative estimate of drug-likeness (QED) is 0.434. The van der Waals surface area contributed by atoms with Crippen LogP contribution in [0.25, 0.3) is 5.69 Å². The molecule has 1 aromatic heterocycles. The summed E-state index contributed by atoms with van der Waals surface area (Å²) in [5, 5.41) is 20.0. The van der Waals surface area contributed by atoms with E-state index in [2.05, 4.69) is 10.3 Å². The summed E-state index contributed by atoms with van der Waals surface area (Å²) >= 11 is 12.2. The second-order valence-electron chi connectivity index (χ2n) is 7.08. The van der Waals surface area contributed by atoms with Crippen LogP contribution in [-0.4, -0.2) is 56.9 Å². The summed E-state index contributed by atoms with van der Waals surface area (Å²) < 4.78 is 1.61. The summed E-state index contributed by atoms with van der Waals surface area (Å²) in [6.07, 6.45) is 0. The van der Waals surface area contributed by atoms with E-state index in [-0.39, 0.29) is 11.6 Å². The summed E-state index contributed by atoms with van der Waals surface area (Å²) in [6, 6.07) is 11.5. The van der Waals surface area contributed by atoms with Crippen LogP contribution in [0.1, 0.15) is 16.2 Å². The number of hydrogen-bond acceptors (Lipinski definition) is 6. The lowest BCUT2D eigenvalue weighted by molar-refractivity contribution is -0.384. The molecule has 0 atom stereocenters. The van der Waals surface area contributed by atoms with Crippen molar-refractivity contribution in [1.29, 1.82) is 0 Å². The maximum Gasteiger partial charge on any atom is 0.276 e. The van der Waals surface area contributed by atoms with Crippen molar-refractivity contribution in [2.75, 3.05) is 31.1 Å². The molecule has 0 bridgehead atoms. The number of benzene rings is 2. The first kappa shape index (κ1) is 21.1. The molecule has 3 aromatic rings. The average Bonchev–Trinajstić information content (AvgIpc) is 3.15. The van der Waals surface area contributed by atoms with Crippen molar-refractivity contribution in [3.63, 3.8) is 0 Å². The molecule has 1 amide bonds. The zero-order valence-electron chi connectivity index (χ0n) is 16.5. The molecule has 1 aliphatic rings. The van der Waals surface area contributed by atoms with Crippen molar-refractivity contribution >= 4 is 40.5 Å². The Labute approximate surface area is 187 Å². The van der Waals surface area contributed by atoms with Gasteiger partial charge in [0, 0.05) is 43.3 Å². The maximum atomic E-state index is 13.0. The number of nitrogens with zero attached hydrogens (tertiary/aromatic N) is 6. The second-order valence-corrected chi connectivity index (χ2v) is 7.93. The Balaban J connectivity index is 1.45. The minimum Gasteiger partial charge on any atom is -0.367 e. The molecule has 1 saturated heterocycles. The Hall–Kier alpha value is -3.17. The van der Waals surface area contributed by atoms with E-state index in [0.29, 0.717) is 53.3 Å². The van der Waals surface area contributed by atoms with Gasteiger partial charge in [-0.05, 0) is 37.3 Å². The Kier molecular flexibility index (Phi) is 5.79. The molecule has 0 spiro atoms. The molecule has 0 aliphatic carbocycles. The van der Waals surface area contributed by atoms with Gasteiger partial charge in [-0.15, -0.1) is 5.10 Å². The minimum absolute atomic E-state index is 0.0539. The average molecular weight is 461 g/mol. The topological polar surface area (TPSA) is 97.4 Å². The molecule has 31 heavy (non-hydrogen) atoms. The number of halogens is 2. The van der Waals surface area contributed by atoms with E-state index in [1.807, 2.05) is 17.0 Å². The molecule has 11 heteroatoms. The summed E-state index contributed by atoms with van der Waals surface area (Å²) in [5.74, 6) is -0.188. The molecule has 0 unspecified atom stereocenters. The number of aromatic nitrogens is 3. The highest BCUT2D eigenvalue weighted by atomic mass is 35.5. The van der Waals surface area contributed by atoms with Crippen molar-refractivity contribution < 1.29 is 9.72 Å². The Morgan fingerprint density at radius 1 is 1.06 bits per heavy atom. The van der Waals surface area contributed by atoms with Crippen LogP contribution in [0.3, 0.4) is 0 Å². The van der Waals surface area contributed by atoms with E-state index in [1.54, 1.807) is 34.7 Å². The largest absolute Gasteiger partial charge is 0.367 e. The van der Waals surface area contributed by atoms with E-state index >= 15 is 0 Å². The fourth-order valence-electron chi connectivity index (χ4n) is 3.52. The number of nitro groups is 1. The highest BCUT2D eigenvalue weighted by Crippen LogP contribution is 2.30.